The van der Waals surface area contributed by atoms with Crippen LogP contribution in [0.25, 0.3) is 0 Å². The summed E-state index contributed by atoms with van der Waals surface area (Å²) in [6, 6.07) is 21.4. The van der Waals surface area contributed by atoms with Crippen molar-refractivity contribution < 1.29 is 33.6 Å². The molecule has 0 radical (unpaired) electrons. The normalized spacial score (nSPS) is 18.0. The number of esters is 2. The lowest BCUT2D eigenvalue weighted by atomic mass is 9.82. The van der Waals surface area contributed by atoms with Crippen LogP contribution in [-0.4, -0.2) is 58.2 Å². The molecule has 1 aliphatic rings. The summed E-state index contributed by atoms with van der Waals surface area (Å²) in [5, 5.41) is 13.8. The fourth-order valence-corrected chi connectivity index (χ4v) is 5.42. The lowest BCUT2D eigenvalue weighted by Gasteiger charge is -2.38. The summed E-state index contributed by atoms with van der Waals surface area (Å²) in [5.74, 6) is -5.24. The molecule has 3 aromatic rings. The highest BCUT2D eigenvalue weighted by Gasteiger charge is 2.66. The molecule has 1 unspecified atom stereocenters. The van der Waals surface area contributed by atoms with Gasteiger partial charge in [0.1, 0.15) is 19.1 Å². The highest BCUT2D eigenvalue weighted by molar-refractivity contribution is 6.18. The molecule has 3 atom stereocenters. The van der Waals surface area contributed by atoms with Gasteiger partial charge in [0.05, 0.1) is 11.0 Å². The van der Waals surface area contributed by atoms with Gasteiger partial charge < -0.3 is 31.2 Å². The van der Waals surface area contributed by atoms with Gasteiger partial charge in [0.15, 0.2) is 0 Å². The molecular formula is C33H37N5O8. The van der Waals surface area contributed by atoms with Crippen molar-refractivity contribution in [1.29, 1.82) is 0 Å². The number of hydrogen-bond acceptors (Lipinski definition) is 10. The van der Waals surface area contributed by atoms with E-state index in [9.17, 15) is 29.3 Å². The number of carbonyl (C=O) groups is 4. The number of nitrogens with zero attached hydrogens (tertiary/aromatic N) is 2. The first-order chi connectivity index (χ1) is 22.2. The van der Waals surface area contributed by atoms with Crippen LogP contribution < -0.4 is 16.8 Å². The minimum absolute atomic E-state index is 0.0915. The van der Waals surface area contributed by atoms with Crippen LogP contribution in [0.4, 0.5) is 11.4 Å². The monoisotopic (exact) mass is 631 g/mol. The van der Waals surface area contributed by atoms with Crippen LogP contribution in [0.15, 0.2) is 84.9 Å². The number of nitrogens with one attached hydrogen (secondary N) is 1. The molecule has 0 aromatic heterocycles. The summed E-state index contributed by atoms with van der Waals surface area (Å²) in [5.41, 5.74) is 10.5. The zero-order chi connectivity index (χ0) is 33.1. The molecule has 4 rings (SSSR count). The largest absolute Gasteiger partial charge is 0.461 e. The van der Waals surface area contributed by atoms with Crippen molar-refractivity contribution in [3.8, 4) is 0 Å². The van der Waals surface area contributed by atoms with Crippen LogP contribution in [0, 0.1) is 16.0 Å². The van der Waals surface area contributed by atoms with Crippen LogP contribution in [0.3, 0.4) is 0 Å². The minimum Gasteiger partial charge on any atom is -0.461 e. The van der Waals surface area contributed by atoms with E-state index in [1.165, 1.54) is 24.3 Å². The van der Waals surface area contributed by atoms with Crippen molar-refractivity contribution in [2.75, 3.05) is 18.4 Å². The Balaban J connectivity index is 1.74. The molecule has 5 N–H and O–H groups in total. The van der Waals surface area contributed by atoms with E-state index in [4.69, 9.17) is 20.9 Å². The molecule has 0 aliphatic carbocycles. The molecule has 1 fully saturated rings. The van der Waals surface area contributed by atoms with E-state index >= 15 is 0 Å². The van der Waals surface area contributed by atoms with Gasteiger partial charge in [-0.25, -0.2) is 4.79 Å². The highest BCUT2D eigenvalue weighted by Crippen LogP contribution is 2.40. The van der Waals surface area contributed by atoms with Crippen LogP contribution >= 0.6 is 0 Å². The number of hydrogen-bond donors (Lipinski definition) is 3. The molecule has 1 aliphatic heterocycles. The zero-order valence-electron chi connectivity index (χ0n) is 25.2. The number of anilines is 1. The molecular weight excluding hydrogens is 594 g/mol. The predicted octanol–water partition coefficient (Wildman–Crippen LogP) is 3.06. The summed E-state index contributed by atoms with van der Waals surface area (Å²) in [6.45, 7) is -0.152. The fourth-order valence-electron chi connectivity index (χ4n) is 5.42. The van der Waals surface area contributed by atoms with E-state index in [1.807, 2.05) is 0 Å². The van der Waals surface area contributed by atoms with Crippen molar-refractivity contribution in [1.82, 2.24) is 4.90 Å². The second-order valence-electron chi connectivity index (χ2n) is 10.9. The van der Waals surface area contributed by atoms with Crippen molar-refractivity contribution in [3.63, 3.8) is 0 Å². The van der Waals surface area contributed by atoms with Crippen LogP contribution in [0.5, 0.6) is 0 Å². The quantitative estimate of drug-likeness (QED) is 0.0781. The number of rotatable bonds is 14. The first-order valence-electron chi connectivity index (χ1n) is 14.9. The summed E-state index contributed by atoms with van der Waals surface area (Å²) < 4.78 is 11.3. The van der Waals surface area contributed by atoms with Gasteiger partial charge in [0.2, 0.25) is 11.4 Å². The van der Waals surface area contributed by atoms with Crippen LogP contribution in [0.1, 0.15) is 36.8 Å². The molecule has 13 nitrogen and oxygen atoms in total. The van der Waals surface area contributed by atoms with Crippen LogP contribution in [-0.2, 0) is 41.9 Å². The van der Waals surface area contributed by atoms with Gasteiger partial charge in [0.25, 0.3) is 11.6 Å². The second-order valence-corrected chi connectivity index (χ2v) is 10.9. The smallest absolute Gasteiger partial charge is 0.343 e. The number of likely N-dealkylation sites (tertiary alicyclic amines) is 1. The number of carbonyl (C=O) groups excluding carboxylic acids is 4. The summed E-state index contributed by atoms with van der Waals surface area (Å²) in [6.07, 6.45) is 1.28. The number of nitro groups is 1. The topological polar surface area (TPSA) is 197 Å². The molecule has 242 valence electrons. The Morgan fingerprint density at radius 2 is 1.50 bits per heavy atom. The van der Waals surface area contributed by atoms with Crippen molar-refractivity contribution in [2.24, 2.45) is 17.4 Å². The zero-order valence-corrected chi connectivity index (χ0v) is 25.2. The Bertz CT molecular complexity index is 1520. The Morgan fingerprint density at radius 3 is 2.07 bits per heavy atom. The molecule has 0 bridgehead atoms. The van der Waals surface area contributed by atoms with E-state index in [0.29, 0.717) is 30.5 Å². The number of benzene rings is 3. The standard InChI is InChI=1S/C33H37N5O8/c34-19-8-7-13-28(35)29(39)37-20-18-27(30(40)45-21-23-9-3-1-4-10-23)33(37,32(42)46-22-24-11-5-2-6-12-24)31(41)36-25-14-16-26(17-15-25)38(43)44/h1-6,9-12,14-17,27-28H,7-8,13,18-22,34-35H2,(H,36,41)/t27?,28-,33-/m0/s1. The molecule has 13 heteroatoms. The number of nitro benzene ring substituents is 1. The molecule has 3 aromatic carbocycles. The minimum atomic E-state index is -2.51. The third kappa shape index (κ3) is 7.73. The number of nitrogens with two attached hydrogens (primary N) is 2. The molecule has 0 spiro atoms. The molecule has 0 saturated carbocycles. The maximum Gasteiger partial charge on any atom is 0.343 e. The van der Waals surface area contributed by atoms with Crippen molar-refractivity contribution >= 4 is 35.1 Å². The number of non-ortho nitro benzene ring substituents is 1. The summed E-state index contributed by atoms with van der Waals surface area (Å²) >= 11 is 0. The summed E-state index contributed by atoms with van der Waals surface area (Å²) in [4.78, 5) is 67.9. The highest BCUT2D eigenvalue weighted by atomic mass is 16.6. The molecule has 2 amide bonds. The first kappa shape index (κ1) is 33.7. The van der Waals surface area contributed by atoms with E-state index < -0.39 is 46.2 Å². The van der Waals surface area contributed by atoms with E-state index in [-0.39, 0.29) is 44.0 Å². The fraction of sp³-hybridized carbons (Fsp3) is 0.333. The van der Waals surface area contributed by atoms with Crippen molar-refractivity contribution in [3.05, 3.63) is 106 Å². The summed E-state index contributed by atoms with van der Waals surface area (Å²) in [7, 11) is 0. The number of amides is 2. The molecule has 1 heterocycles. The van der Waals surface area contributed by atoms with E-state index in [2.05, 4.69) is 5.32 Å². The van der Waals surface area contributed by atoms with E-state index in [0.717, 1.165) is 4.90 Å². The van der Waals surface area contributed by atoms with Gasteiger partial charge in [0, 0.05) is 24.4 Å². The number of ether oxygens (including phenoxy) is 2. The third-order valence-electron chi connectivity index (χ3n) is 7.84. The average Bonchev–Trinajstić information content (AvgIpc) is 3.48. The Kier molecular flexibility index (Phi) is 11.5. The van der Waals surface area contributed by atoms with Gasteiger partial charge >= 0.3 is 11.9 Å². The molecule has 46 heavy (non-hydrogen) atoms. The SMILES string of the molecule is NCCCC[C@H](N)C(=O)N1CCC(C(=O)OCc2ccccc2)[C@]1(C(=O)Nc1ccc([N+](=O)[O-])cc1)C(=O)OCc1ccccc1. The van der Waals surface area contributed by atoms with Crippen LogP contribution in [0.2, 0.25) is 0 Å². The van der Waals surface area contributed by atoms with E-state index in [1.54, 1.807) is 60.7 Å². The first-order valence-corrected chi connectivity index (χ1v) is 14.9. The Hall–Kier alpha value is -5.14. The lowest BCUT2D eigenvalue weighted by Crippen LogP contribution is -2.67. The van der Waals surface area contributed by atoms with Gasteiger partial charge in [-0.1, -0.05) is 67.1 Å². The van der Waals surface area contributed by atoms with Gasteiger partial charge in [-0.15, -0.1) is 0 Å². The number of unbranched alkanes of at least 4 members (excludes halogenated alkanes) is 1. The maximum absolute atomic E-state index is 14.4. The Labute approximate surface area is 266 Å². The third-order valence-corrected chi connectivity index (χ3v) is 7.84. The molecule has 1 saturated heterocycles. The van der Waals surface area contributed by atoms with Crippen molar-refractivity contribution in [2.45, 2.75) is 50.5 Å². The average molecular weight is 632 g/mol. The van der Waals surface area contributed by atoms with Gasteiger partial charge in [-0.2, -0.15) is 0 Å². The van der Waals surface area contributed by atoms with Gasteiger partial charge in [-0.3, -0.25) is 24.5 Å². The Morgan fingerprint density at radius 1 is 0.913 bits per heavy atom. The predicted molar refractivity (Wildman–Crippen MR) is 168 cm³/mol. The maximum atomic E-state index is 14.4. The lowest BCUT2D eigenvalue weighted by molar-refractivity contribution is -0.384. The second kappa shape index (κ2) is 15.7. The van der Waals surface area contributed by atoms with Gasteiger partial charge in [-0.05, 0) is 49.1 Å².